The molecule has 0 saturated carbocycles. The third-order valence-corrected chi connectivity index (χ3v) is 5.02. The molecule has 0 fully saturated rings. The molecule has 3 aromatic rings. The maximum absolute atomic E-state index is 12.9. The van der Waals surface area contributed by atoms with Gasteiger partial charge in [-0.15, -0.1) is 0 Å². The summed E-state index contributed by atoms with van der Waals surface area (Å²) in [6.07, 6.45) is -3.56. The van der Waals surface area contributed by atoms with E-state index in [1.54, 1.807) is 0 Å². The van der Waals surface area contributed by atoms with Gasteiger partial charge in [-0.25, -0.2) is 0 Å². The van der Waals surface area contributed by atoms with Crippen LogP contribution in [0, 0.1) is 12.8 Å². The molecule has 2 N–H and O–H groups in total. The third kappa shape index (κ3) is 5.29. The predicted molar refractivity (Wildman–Crippen MR) is 118 cm³/mol. The highest BCUT2D eigenvalue weighted by atomic mass is 19.4. The number of para-hydroxylation sites is 1. The van der Waals surface area contributed by atoms with Gasteiger partial charge in [-0.05, 0) is 42.7 Å². The van der Waals surface area contributed by atoms with Gasteiger partial charge < -0.3 is 15.2 Å². The normalized spacial score (nSPS) is 11.6. The Morgan fingerprint density at radius 1 is 1.03 bits per heavy atom. The van der Waals surface area contributed by atoms with Gasteiger partial charge in [0, 0.05) is 24.5 Å². The Labute approximate surface area is 180 Å². The minimum atomic E-state index is -4.37. The molecule has 1 heterocycles. The summed E-state index contributed by atoms with van der Waals surface area (Å²) in [4.78, 5) is 12.0. The number of rotatable bonds is 8. The lowest BCUT2D eigenvalue weighted by Crippen LogP contribution is -2.10. The number of aldehydes is 1. The molecule has 0 amide bonds. The Morgan fingerprint density at radius 2 is 1.68 bits per heavy atom. The molecule has 0 aliphatic carbocycles. The highest BCUT2D eigenvalue weighted by Crippen LogP contribution is 2.34. The standard InChI is InChI=1S/C24H26F3N3O/c1-16(2)13-28-22-17(3)30(14-18-9-11-19(12-10-18)24(25,26)27)23(21(22)15-31)29-20-7-5-4-6-8-20/h4-12,15-16,28-29H,13-14H2,1-3H3. The maximum Gasteiger partial charge on any atom is 0.416 e. The van der Waals surface area contributed by atoms with Crippen LogP contribution in [0.2, 0.25) is 0 Å². The second-order valence-corrected chi connectivity index (χ2v) is 7.89. The number of alkyl halides is 3. The molecule has 3 rings (SSSR count). The molecule has 0 saturated heterocycles. The number of nitrogens with zero attached hydrogens (tertiary/aromatic N) is 1. The maximum atomic E-state index is 12.9. The van der Waals surface area contributed by atoms with E-state index in [1.165, 1.54) is 12.1 Å². The zero-order valence-electron chi connectivity index (χ0n) is 17.8. The number of carbonyl (C=O) groups excluding carboxylic acids is 1. The lowest BCUT2D eigenvalue weighted by Gasteiger charge is -2.15. The Kier molecular flexibility index (Phi) is 6.73. The fraction of sp³-hybridized carbons (Fsp3) is 0.292. The quantitative estimate of drug-likeness (QED) is 0.403. The topological polar surface area (TPSA) is 46.1 Å². The van der Waals surface area contributed by atoms with Crippen molar-refractivity contribution in [3.8, 4) is 0 Å². The summed E-state index contributed by atoms with van der Waals surface area (Å²) >= 11 is 0. The van der Waals surface area contributed by atoms with Crippen LogP contribution in [0.1, 0.15) is 41.0 Å². The average molecular weight is 429 g/mol. The van der Waals surface area contributed by atoms with E-state index in [9.17, 15) is 18.0 Å². The highest BCUT2D eigenvalue weighted by Gasteiger charge is 2.30. The second-order valence-electron chi connectivity index (χ2n) is 7.89. The molecule has 2 aromatic carbocycles. The van der Waals surface area contributed by atoms with E-state index in [1.807, 2.05) is 41.8 Å². The summed E-state index contributed by atoms with van der Waals surface area (Å²) < 4.78 is 40.6. The molecule has 1 aromatic heterocycles. The van der Waals surface area contributed by atoms with E-state index in [0.717, 1.165) is 35.5 Å². The van der Waals surface area contributed by atoms with Gasteiger partial charge in [-0.2, -0.15) is 13.2 Å². The number of anilines is 3. The van der Waals surface area contributed by atoms with Crippen LogP contribution < -0.4 is 10.6 Å². The zero-order valence-corrected chi connectivity index (χ0v) is 17.8. The third-order valence-electron chi connectivity index (χ3n) is 5.02. The average Bonchev–Trinajstić information content (AvgIpc) is 2.97. The van der Waals surface area contributed by atoms with Crippen molar-refractivity contribution in [2.75, 3.05) is 17.2 Å². The first-order chi connectivity index (χ1) is 14.7. The summed E-state index contributed by atoms with van der Waals surface area (Å²) in [7, 11) is 0. The van der Waals surface area contributed by atoms with E-state index in [2.05, 4.69) is 24.5 Å². The summed E-state index contributed by atoms with van der Waals surface area (Å²) in [6.45, 7) is 7.06. The van der Waals surface area contributed by atoms with Crippen LogP contribution in [-0.2, 0) is 12.7 Å². The van der Waals surface area contributed by atoms with Crippen LogP contribution in [0.3, 0.4) is 0 Å². The molecule has 31 heavy (non-hydrogen) atoms. The van der Waals surface area contributed by atoms with Gasteiger partial charge >= 0.3 is 6.18 Å². The number of hydrogen-bond donors (Lipinski definition) is 2. The van der Waals surface area contributed by atoms with E-state index < -0.39 is 11.7 Å². The SMILES string of the molecule is Cc1c(NCC(C)C)c(C=O)c(Nc2ccccc2)n1Cc1ccc(C(F)(F)F)cc1. The van der Waals surface area contributed by atoms with Crippen molar-refractivity contribution in [1.29, 1.82) is 0 Å². The van der Waals surface area contributed by atoms with Gasteiger partial charge in [0.15, 0.2) is 6.29 Å². The molecule has 4 nitrogen and oxygen atoms in total. The van der Waals surface area contributed by atoms with Crippen LogP contribution in [-0.4, -0.2) is 17.4 Å². The van der Waals surface area contributed by atoms with Crippen LogP contribution >= 0.6 is 0 Å². The van der Waals surface area contributed by atoms with Gasteiger partial charge in [0.2, 0.25) is 0 Å². The van der Waals surface area contributed by atoms with Crippen molar-refractivity contribution < 1.29 is 18.0 Å². The van der Waals surface area contributed by atoms with Crippen LogP contribution in [0.15, 0.2) is 54.6 Å². The molecule has 164 valence electrons. The van der Waals surface area contributed by atoms with E-state index in [0.29, 0.717) is 36.0 Å². The monoisotopic (exact) mass is 429 g/mol. The molecule has 0 bridgehead atoms. The van der Waals surface area contributed by atoms with Gasteiger partial charge in [0.25, 0.3) is 0 Å². The van der Waals surface area contributed by atoms with Crippen molar-refractivity contribution in [1.82, 2.24) is 4.57 Å². The number of hydrogen-bond acceptors (Lipinski definition) is 3. The molecule has 0 atom stereocenters. The fourth-order valence-corrected chi connectivity index (χ4v) is 3.38. The van der Waals surface area contributed by atoms with Crippen molar-refractivity contribution in [2.24, 2.45) is 5.92 Å². The molecular weight excluding hydrogens is 403 g/mol. The number of benzene rings is 2. The lowest BCUT2D eigenvalue weighted by molar-refractivity contribution is -0.137. The van der Waals surface area contributed by atoms with Crippen molar-refractivity contribution >= 4 is 23.5 Å². The van der Waals surface area contributed by atoms with E-state index in [-0.39, 0.29) is 0 Å². The minimum Gasteiger partial charge on any atom is -0.383 e. The molecule has 0 unspecified atom stereocenters. The number of halogens is 3. The van der Waals surface area contributed by atoms with Crippen molar-refractivity contribution in [3.05, 3.63) is 77.0 Å². The summed E-state index contributed by atoms with van der Waals surface area (Å²) in [6, 6.07) is 14.5. The van der Waals surface area contributed by atoms with Gasteiger partial charge in [-0.1, -0.05) is 44.2 Å². The first-order valence-corrected chi connectivity index (χ1v) is 10.1. The molecular formula is C24H26F3N3O. The number of aromatic nitrogens is 1. The van der Waals surface area contributed by atoms with Crippen molar-refractivity contribution in [2.45, 2.75) is 33.5 Å². The fourth-order valence-electron chi connectivity index (χ4n) is 3.38. The first kappa shape index (κ1) is 22.5. The Hall–Kier alpha value is -3.22. The first-order valence-electron chi connectivity index (χ1n) is 10.1. The number of nitrogens with one attached hydrogen (secondary N) is 2. The van der Waals surface area contributed by atoms with E-state index in [4.69, 9.17) is 0 Å². The van der Waals surface area contributed by atoms with Gasteiger partial charge in [0.05, 0.1) is 16.8 Å². The molecule has 0 radical (unpaired) electrons. The van der Waals surface area contributed by atoms with Crippen molar-refractivity contribution in [3.63, 3.8) is 0 Å². The smallest absolute Gasteiger partial charge is 0.383 e. The van der Waals surface area contributed by atoms with Crippen LogP contribution in [0.5, 0.6) is 0 Å². The van der Waals surface area contributed by atoms with Gasteiger partial charge in [-0.3, -0.25) is 4.79 Å². The van der Waals surface area contributed by atoms with E-state index >= 15 is 0 Å². The Bertz CT molecular complexity index is 1020. The minimum absolute atomic E-state index is 0.323. The number of carbonyl (C=O) groups is 1. The Balaban J connectivity index is 2.02. The second kappa shape index (κ2) is 9.29. The summed E-state index contributed by atoms with van der Waals surface area (Å²) in [5.41, 5.74) is 2.89. The largest absolute Gasteiger partial charge is 0.416 e. The lowest BCUT2D eigenvalue weighted by atomic mass is 10.1. The summed E-state index contributed by atoms with van der Waals surface area (Å²) in [5.74, 6) is 0.979. The zero-order chi connectivity index (χ0) is 22.6. The van der Waals surface area contributed by atoms with Gasteiger partial charge in [0.1, 0.15) is 5.82 Å². The molecule has 7 heteroatoms. The van der Waals surface area contributed by atoms with Crippen LogP contribution in [0.25, 0.3) is 0 Å². The predicted octanol–water partition coefficient (Wildman–Crippen LogP) is 6.49. The van der Waals surface area contributed by atoms with Crippen LogP contribution in [0.4, 0.5) is 30.4 Å². The molecule has 0 aliphatic rings. The molecule has 0 spiro atoms. The highest BCUT2D eigenvalue weighted by molar-refractivity contribution is 5.94. The molecule has 0 aliphatic heterocycles. The summed E-state index contributed by atoms with van der Waals surface area (Å²) in [5, 5.41) is 6.66. The Morgan fingerprint density at radius 3 is 2.23 bits per heavy atom.